The number of para-hydroxylation sites is 1. The number of rotatable bonds is 5. The van der Waals surface area contributed by atoms with Gasteiger partial charge in [-0.05, 0) is 19.1 Å². The van der Waals surface area contributed by atoms with E-state index in [1.54, 1.807) is 12.4 Å². The maximum Gasteiger partial charge on any atom is 0.225 e. The molecule has 1 atom stereocenters. The highest BCUT2D eigenvalue weighted by Gasteiger charge is 2.23. The van der Waals surface area contributed by atoms with E-state index < -0.39 is 6.10 Å². The average molecular weight is 351 g/mol. The van der Waals surface area contributed by atoms with Crippen LogP contribution in [0.5, 0.6) is 0 Å². The van der Waals surface area contributed by atoms with Gasteiger partial charge in [-0.25, -0.2) is 9.97 Å². The molecule has 1 aromatic carbocycles. The van der Waals surface area contributed by atoms with Crippen molar-refractivity contribution in [1.29, 1.82) is 0 Å². The standard InChI is InChI=1S/C20H25N5O/c1-2-24-14-17(16-6-3-4-7-18(16)24)19(26)15-23-10-12-25(13-11-23)20-21-8-5-9-22-20/h3-9,14,19,26H,2,10-13,15H2,1H3. The fourth-order valence-electron chi connectivity index (χ4n) is 3.73. The first-order valence-electron chi connectivity index (χ1n) is 9.26. The van der Waals surface area contributed by atoms with Crippen molar-refractivity contribution in [2.75, 3.05) is 37.6 Å². The third-order valence-corrected chi connectivity index (χ3v) is 5.16. The Kier molecular flexibility index (Phi) is 4.86. The molecule has 0 saturated carbocycles. The lowest BCUT2D eigenvalue weighted by Gasteiger charge is -2.35. The molecule has 3 heterocycles. The fourth-order valence-corrected chi connectivity index (χ4v) is 3.73. The summed E-state index contributed by atoms with van der Waals surface area (Å²) in [5.41, 5.74) is 2.21. The van der Waals surface area contributed by atoms with Gasteiger partial charge in [0.2, 0.25) is 5.95 Å². The smallest absolute Gasteiger partial charge is 0.225 e. The number of nitrogens with zero attached hydrogens (tertiary/aromatic N) is 5. The lowest BCUT2D eigenvalue weighted by molar-refractivity contribution is 0.110. The molecule has 2 aromatic heterocycles. The highest BCUT2D eigenvalue weighted by molar-refractivity contribution is 5.84. The normalized spacial score (nSPS) is 16.9. The fraction of sp³-hybridized carbons (Fsp3) is 0.400. The Balaban J connectivity index is 1.43. The van der Waals surface area contributed by atoms with Crippen molar-refractivity contribution in [2.24, 2.45) is 0 Å². The highest BCUT2D eigenvalue weighted by atomic mass is 16.3. The van der Waals surface area contributed by atoms with E-state index in [4.69, 9.17) is 0 Å². The third kappa shape index (κ3) is 3.30. The molecule has 0 bridgehead atoms. The van der Waals surface area contributed by atoms with Crippen LogP contribution >= 0.6 is 0 Å². The summed E-state index contributed by atoms with van der Waals surface area (Å²) in [5.74, 6) is 0.790. The van der Waals surface area contributed by atoms with Gasteiger partial charge < -0.3 is 14.6 Å². The number of aryl methyl sites for hydroxylation is 1. The van der Waals surface area contributed by atoms with Gasteiger partial charge in [0.25, 0.3) is 0 Å². The largest absolute Gasteiger partial charge is 0.387 e. The van der Waals surface area contributed by atoms with Crippen LogP contribution in [0.4, 0.5) is 5.95 Å². The van der Waals surface area contributed by atoms with Crippen molar-refractivity contribution in [2.45, 2.75) is 19.6 Å². The van der Waals surface area contributed by atoms with E-state index >= 15 is 0 Å². The van der Waals surface area contributed by atoms with Crippen molar-refractivity contribution in [3.05, 3.63) is 54.5 Å². The molecule has 0 radical (unpaired) electrons. The molecule has 6 nitrogen and oxygen atoms in total. The quantitative estimate of drug-likeness (QED) is 0.764. The van der Waals surface area contributed by atoms with Gasteiger partial charge in [-0.15, -0.1) is 0 Å². The SMILES string of the molecule is CCn1cc(C(O)CN2CCN(c3ncccn3)CC2)c2ccccc21. The number of aliphatic hydroxyl groups excluding tert-OH is 1. The number of benzene rings is 1. The van der Waals surface area contributed by atoms with E-state index in [1.807, 2.05) is 12.1 Å². The van der Waals surface area contributed by atoms with Crippen LogP contribution in [0.25, 0.3) is 10.9 Å². The molecule has 6 heteroatoms. The number of aromatic nitrogens is 3. The van der Waals surface area contributed by atoms with Gasteiger partial charge in [0, 0.05) is 74.3 Å². The summed E-state index contributed by atoms with van der Waals surface area (Å²) in [6.45, 7) is 7.27. The molecule has 3 aromatic rings. The van der Waals surface area contributed by atoms with E-state index in [0.29, 0.717) is 6.54 Å². The summed E-state index contributed by atoms with van der Waals surface area (Å²) in [6, 6.07) is 10.1. The van der Waals surface area contributed by atoms with Crippen LogP contribution in [0.2, 0.25) is 0 Å². The number of β-amino-alcohol motifs (C(OH)–C–C–N with tert-alkyl or cyclic N) is 1. The van der Waals surface area contributed by atoms with Crippen LogP contribution < -0.4 is 4.90 Å². The number of hydrogen-bond donors (Lipinski definition) is 1. The van der Waals surface area contributed by atoms with Crippen LogP contribution in [-0.2, 0) is 6.54 Å². The first-order chi connectivity index (χ1) is 12.8. The van der Waals surface area contributed by atoms with Gasteiger partial charge in [0.15, 0.2) is 0 Å². The molecule has 1 fully saturated rings. The molecule has 1 N–H and O–H groups in total. The van der Waals surface area contributed by atoms with Gasteiger partial charge >= 0.3 is 0 Å². The van der Waals surface area contributed by atoms with Gasteiger partial charge in [-0.2, -0.15) is 0 Å². The zero-order chi connectivity index (χ0) is 17.9. The molecule has 4 rings (SSSR count). The van der Waals surface area contributed by atoms with Crippen LogP contribution in [-0.4, -0.2) is 57.3 Å². The van der Waals surface area contributed by atoms with Crippen LogP contribution in [0, 0.1) is 0 Å². The minimum Gasteiger partial charge on any atom is -0.387 e. The number of fused-ring (bicyclic) bond motifs is 1. The summed E-state index contributed by atoms with van der Waals surface area (Å²) >= 11 is 0. The maximum atomic E-state index is 10.9. The summed E-state index contributed by atoms with van der Waals surface area (Å²) < 4.78 is 2.21. The van der Waals surface area contributed by atoms with Crippen LogP contribution in [0.3, 0.4) is 0 Å². The first-order valence-corrected chi connectivity index (χ1v) is 9.26. The molecular weight excluding hydrogens is 326 g/mol. The van der Waals surface area contributed by atoms with Gasteiger partial charge in [-0.3, -0.25) is 4.90 Å². The van der Waals surface area contributed by atoms with E-state index in [0.717, 1.165) is 49.6 Å². The van der Waals surface area contributed by atoms with Gasteiger partial charge in [-0.1, -0.05) is 18.2 Å². The summed E-state index contributed by atoms with van der Waals surface area (Å²) in [4.78, 5) is 13.2. The number of piperazine rings is 1. The van der Waals surface area contributed by atoms with Crippen molar-refractivity contribution in [1.82, 2.24) is 19.4 Å². The lowest BCUT2D eigenvalue weighted by atomic mass is 10.1. The van der Waals surface area contributed by atoms with Crippen molar-refractivity contribution < 1.29 is 5.11 Å². The highest BCUT2D eigenvalue weighted by Crippen LogP contribution is 2.27. The molecule has 1 aliphatic rings. The second-order valence-electron chi connectivity index (χ2n) is 6.74. The molecule has 1 saturated heterocycles. The third-order valence-electron chi connectivity index (χ3n) is 5.16. The lowest BCUT2D eigenvalue weighted by Crippen LogP contribution is -2.48. The molecule has 0 amide bonds. The molecule has 1 unspecified atom stereocenters. The van der Waals surface area contributed by atoms with E-state index in [-0.39, 0.29) is 0 Å². The van der Waals surface area contributed by atoms with Gasteiger partial charge in [0.1, 0.15) is 0 Å². The van der Waals surface area contributed by atoms with Crippen molar-refractivity contribution in [3.63, 3.8) is 0 Å². The Morgan fingerprint density at radius 3 is 2.50 bits per heavy atom. The van der Waals surface area contributed by atoms with Crippen LogP contribution in [0.1, 0.15) is 18.6 Å². The van der Waals surface area contributed by atoms with E-state index in [9.17, 15) is 5.11 Å². The predicted molar refractivity (Wildman–Crippen MR) is 103 cm³/mol. The Morgan fingerprint density at radius 2 is 1.77 bits per heavy atom. The summed E-state index contributed by atoms with van der Waals surface area (Å²) in [7, 11) is 0. The Hall–Kier alpha value is -2.44. The topological polar surface area (TPSA) is 57.4 Å². The van der Waals surface area contributed by atoms with Crippen molar-refractivity contribution in [3.8, 4) is 0 Å². The molecule has 0 aliphatic carbocycles. The number of anilines is 1. The Labute approximate surface area is 153 Å². The summed E-state index contributed by atoms with van der Waals surface area (Å²) in [5, 5.41) is 12.0. The molecular formula is C20H25N5O. The second kappa shape index (κ2) is 7.43. The van der Waals surface area contributed by atoms with E-state index in [1.165, 1.54) is 5.52 Å². The van der Waals surface area contributed by atoms with Crippen molar-refractivity contribution >= 4 is 16.9 Å². The average Bonchev–Trinajstić information content (AvgIpc) is 3.08. The minimum absolute atomic E-state index is 0.479. The monoisotopic (exact) mass is 351 g/mol. The number of aliphatic hydroxyl groups is 1. The first kappa shape index (κ1) is 17.0. The Bertz CT molecular complexity index is 855. The Morgan fingerprint density at radius 1 is 1.04 bits per heavy atom. The van der Waals surface area contributed by atoms with Crippen LogP contribution in [0.15, 0.2) is 48.9 Å². The number of hydrogen-bond acceptors (Lipinski definition) is 5. The molecule has 1 aliphatic heterocycles. The van der Waals surface area contributed by atoms with Gasteiger partial charge in [0.05, 0.1) is 6.10 Å². The predicted octanol–water partition coefficient (Wildman–Crippen LogP) is 2.31. The maximum absolute atomic E-state index is 10.9. The molecule has 136 valence electrons. The minimum atomic E-state index is -0.479. The zero-order valence-corrected chi connectivity index (χ0v) is 15.1. The summed E-state index contributed by atoms with van der Waals surface area (Å²) in [6.07, 6.45) is 5.18. The molecule has 26 heavy (non-hydrogen) atoms. The molecule has 0 spiro atoms. The van der Waals surface area contributed by atoms with E-state index in [2.05, 4.69) is 55.7 Å². The second-order valence-corrected chi connectivity index (χ2v) is 6.74. The zero-order valence-electron chi connectivity index (χ0n) is 15.1.